The number of pyridine rings is 6. The summed E-state index contributed by atoms with van der Waals surface area (Å²) >= 11 is 5.92. The Morgan fingerprint density at radius 2 is 0.555 bits per heavy atom. The van der Waals surface area contributed by atoms with Crippen LogP contribution in [-0.2, 0) is 13.6 Å². The summed E-state index contributed by atoms with van der Waals surface area (Å²) in [6.07, 6.45) is 22.2. The van der Waals surface area contributed by atoms with Crippen molar-refractivity contribution < 1.29 is 26.3 Å². The summed E-state index contributed by atoms with van der Waals surface area (Å²) < 4.78 is 91.6. The van der Waals surface area contributed by atoms with Crippen molar-refractivity contribution in [3.05, 3.63) is 348 Å². The van der Waals surface area contributed by atoms with Crippen LogP contribution in [0.1, 0.15) is 244 Å². The van der Waals surface area contributed by atoms with E-state index in [1.54, 1.807) is 61.1 Å². The molecule has 0 aliphatic carbocycles. The van der Waals surface area contributed by atoms with Crippen LogP contribution in [0.5, 0.6) is 0 Å². The van der Waals surface area contributed by atoms with Gasteiger partial charge in [0.25, 0.3) is 0 Å². The zero-order valence-corrected chi connectivity index (χ0v) is 73.6. The molecule has 19 heteroatoms. The molecule has 0 saturated heterocycles. The third-order valence-electron chi connectivity index (χ3n) is 20.3. The summed E-state index contributed by atoms with van der Waals surface area (Å²) in [6, 6.07) is 35.1. The summed E-state index contributed by atoms with van der Waals surface area (Å²) in [5.74, 6) is -2.21. The Hall–Kier alpha value is -11.1. The van der Waals surface area contributed by atoms with Gasteiger partial charge in [-0.2, -0.15) is 0 Å². The van der Waals surface area contributed by atoms with Crippen LogP contribution < -0.4 is 32.6 Å². The fourth-order valence-electron chi connectivity index (χ4n) is 12.9. The van der Waals surface area contributed by atoms with Crippen molar-refractivity contribution in [2.45, 2.75) is 219 Å². The first kappa shape index (κ1) is 95.0. The maximum absolute atomic E-state index is 14.2. The van der Waals surface area contributed by atoms with Gasteiger partial charge in [-0.25, -0.2) is 26.3 Å². The molecule has 0 saturated carbocycles. The van der Waals surface area contributed by atoms with Gasteiger partial charge in [-0.05, 0) is 205 Å². The summed E-state index contributed by atoms with van der Waals surface area (Å²) in [6.45, 7) is 45.1. The molecule has 0 aliphatic rings. The predicted molar refractivity (Wildman–Crippen MR) is 479 cm³/mol. The van der Waals surface area contributed by atoms with E-state index in [2.05, 4.69) is 32.3 Å². The minimum absolute atomic E-state index is 0.0229. The topological polar surface area (TPSA) is 132 Å². The third kappa shape index (κ3) is 25.0. The number of nitrogens with zero attached hydrogens (tertiary/aromatic N) is 6. The van der Waals surface area contributed by atoms with Crippen LogP contribution in [0.25, 0.3) is 66.8 Å². The van der Waals surface area contributed by atoms with E-state index in [-0.39, 0.29) is 109 Å². The molecule has 0 fully saturated rings. The second-order valence-electron chi connectivity index (χ2n) is 33.0. The molecule has 630 valence electrons. The highest BCUT2D eigenvalue weighted by atomic mass is 35.5. The van der Waals surface area contributed by atoms with E-state index in [0.717, 1.165) is 79.9 Å². The molecule has 6 heterocycles. The number of rotatable bonds is 17. The summed E-state index contributed by atoms with van der Waals surface area (Å²) in [7, 11) is 1.89. The quantitative estimate of drug-likeness (QED) is 0.0834. The number of hydrogen-bond donors (Lipinski definition) is 0. The van der Waals surface area contributed by atoms with Crippen molar-refractivity contribution in [3.63, 3.8) is 0 Å². The van der Waals surface area contributed by atoms with E-state index in [0.29, 0.717) is 55.6 Å². The summed E-state index contributed by atoms with van der Waals surface area (Å²) in [5, 5.41) is 0.679. The van der Waals surface area contributed by atoms with Crippen LogP contribution in [0.4, 0.5) is 26.3 Å². The van der Waals surface area contributed by atoms with Gasteiger partial charge in [0.1, 0.15) is 23.3 Å². The minimum Gasteiger partial charge on any atom is -0.356 e. The van der Waals surface area contributed by atoms with Gasteiger partial charge in [-0.3, -0.25) is 28.8 Å². The molecule has 0 atom stereocenters. The molecule has 6 aromatic carbocycles. The van der Waals surface area contributed by atoms with Crippen LogP contribution in [-0.4, -0.2) is 27.4 Å². The molecule has 12 nitrogen and oxygen atoms in total. The molecular weight excluding hydrogens is 1530 g/mol. The highest BCUT2D eigenvalue weighted by molar-refractivity contribution is 6.30. The van der Waals surface area contributed by atoms with Gasteiger partial charge in [0, 0.05) is 189 Å². The number of aromatic nitrogens is 6. The van der Waals surface area contributed by atoms with E-state index < -0.39 is 11.6 Å². The molecule has 0 aliphatic heterocycles. The monoisotopic (exact) mass is 1640 g/mol. The number of halogens is 7. The minimum atomic E-state index is -0.946. The van der Waals surface area contributed by atoms with Gasteiger partial charge in [0.15, 0.2) is 44.2 Å². The Bertz CT molecular complexity index is 5710. The molecule has 0 spiro atoms. The van der Waals surface area contributed by atoms with Crippen molar-refractivity contribution in [1.29, 1.82) is 0 Å². The van der Waals surface area contributed by atoms with E-state index in [4.69, 9.17) is 11.6 Å². The van der Waals surface area contributed by atoms with Gasteiger partial charge < -0.3 is 27.4 Å². The number of aryl methyl sites for hydroxylation is 3. The second kappa shape index (κ2) is 42.5. The Morgan fingerprint density at radius 3 is 0.866 bits per heavy atom. The average molecular weight is 1650 g/mol. The molecule has 6 aromatic heterocycles. The summed E-state index contributed by atoms with van der Waals surface area (Å²) in [5.41, 5.74) is 12.9. The molecule has 0 N–H and O–H groups in total. The smallest absolute Gasteiger partial charge is 0.192 e. The first-order valence-electron chi connectivity index (χ1n) is 40.7. The molecule has 0 radical (unpaired) electrons. The van der Waals surface area contributed by atoms with E-state index >= 15 is 0 Å². The Labute approximate surface area is 701 Å². The van der Waals surface area contributed by atoms with E-state index in [1.807, 2.05) is 241 Å². The van der Waals surface area contributed by atoms with Crippen LogP contribution in [0.3, 0.4) is 0 Å². The van der Waals surface area contributed by atoms with Crippen LogP contribution in [0.15, 0.2) is 237 Å². The van der Waals surface area contributed by atoms with Crippen LogP contribution in [0.2, 0.25) is 5.02 Å². The largest absolute Gasteiger partial charge is 0.356 e. The average Bonchev–Trinajstić information content (AvgIpc) is 0.791. The van der Waals surface area contributed by atoms with Crippen molar-refractivity contribution >= 4 is 11.6 Å². The molecule has 12 rings (SSSR count). The van der Waals surface area contributed by atoms with Crippen LogP contribution >= 0.6 is 11.6 Å². The highest BCUT2D eigenvalue weighted by Crippen LogP contribution is 2.30. The van der Waals surface area contributed by atoms with Gasteiger partial charge in [-0.15, -0.1) is 0 Å². The van der Waals surface area contributed by atoms with Gasteiger partial charge in [0.2, 0.25) is 0 Å². The normalized spacial score (nSPS) is 11.3. The zero-order valence-electron chi connectivity index (χ0n) is 72.9. The molecule has 0 unspecified atom stereocenters. The first-order chi connectivity index (χ1) is 55.9. The maximum Gasteiger partial charge on any atom is 0.192 e. The molecule has 0 bridgehead atoms. The van der Waals surface area contributed by atoms with Gasteiger partial charge >= 0.3 is 0 Å². The van der Waals surface area contributed by atoms with Crippen molar-refractivity contribution in [3.8, 4) is 66.8 Å². The standard InChI is InChI=1S/C18H22FNO.C17H20ClNO.C17H19F2NO.C17H20FNO.C16H18FNO.C15H16FNO/c1-11(2)15-9-20(12(3)4)10-16(18(15)21)14-7-6-13(5)8-17(14)19;1-11(2)15-9-19(12(3)4)10-16(17(15)20)13-5-7-14(18)8-6-13;1-10(2)13-8-20(11(3)4)9-14(17(13)21)12-5-6-15(18)16(19)7-12;1-11(2)15-9-19(12(3)4)10-16(17(15)20)13-5-7-14(18)8-6-13;1-4-18-9-14(11(2)3)16(19)15(10-18)12-5-7-13(17)8-6-12;1-10(2)13-8-17(3)9-14(15(13)18)11-4-6-12(16)7-5-11/h6-12H,1-5H3;5-12H,1-4H3;5-11H,1-4H3;5-12H,1-4H3;5-11H,4H2,1-3H3;4-10H,1-3H3. The van der Waals surface area contributed by atoms with Crippen molar-refractivity contribution in [2.75, 3.05) is 0 Å². The third-order valence-corrected chi connectivity index (χ3v) is 20.6. The Balaban J connectivity index is 0.000000197. The van der Waals surface area contributed by atoms with Gasteiger partial charge in [0.05, 0.1) is 0 Å². The fourth-order valence-corrected chi connectivity index (χ4v) is 13.1. The van der Waals surface area contributed by atoms with E-state index in [9.17, 15) is 55.1 Å². The molecule has 12 aromatic rings. The Kier molecular flexibility index (Phi) is 34.0. The number of hydrogen-bond acceptors (Lipinski definition) is 6. The maximum atomic E-state index is 14.2. The van der Waals surface area contributed by atoms with Crippen LogP contribution in [0, 0.1) is 41.8 Å². The fraction of sp³-hybridized carbons (Fsp3) is 0.340. The Morgan fingerprint density at radius 1 is 0.277 bits per heavy atom. The van der Waals surface area contributed by atoms with Crippen molar-refractivity contribution in [1.82, 2.24) is 27.4 Å². The lowest BCUT2D eigenvalue weighted by molar-refractivity contribution is 0.509. The SMILES string of the molecule is CC(C)c1cn(C(C)C)cc(-c2ccc(Cl)cc2)c1=O.CC(C)c1cn(C(C)C)cc(-c2ccc(F)c(F)c2)c1=O.CC(C)c1cn(C(C)C)cc(-c2ccc(F)cc2)c1=O.CC(C)c1cn(C)cc(-c2ccc(F)cc2)c1=O.CCn1cc(-c2ccc(F)cc2)c(=O)c(C(C)C)c1.Cc1ccc(-c2cn(C(C)C)cc(C(C)C)c2=O)c(F)c1. The lowest BCUT2D eigenvalue weighted by Crippen LogP contribution is -2.18. The molecule has 119 heavy (non-hydrogen) atoms. The van der Waals surface area contributed by atoms with E-state index in [1.165, 1.54) is 48.5 Å². The van der Waals surface area contributed by atoms with Gasteiger partial charge in [-0.1, -0.05) is 161 Å². The van der Waals surface area contributed by atoms with Crippen molar-refractivity contribution in [2.24, 2.45) is 7.05 Å². The molecular formula is C100H115ClF6N6O6. The highest BCUT2D eigenvalue weighted by Gasteiger charge is 2.21. The number of benzene rings is 6. The predicted octanol–water partition coefficient (Wildman–Crippen LogP) is 25.5. The lowest BCUT2D eigenvalue weighted by atomic mass is 9.98. The molecule has 0 amide bonds. The zero-order chi connectivity index (χ0) is 88.5. The summed E-state index contributed by atoms with van der Waals surface area (Å²) in [4.78, 5) is 75.2. The lowest BCUT2D eigenvalue weighted by Gasteiger charge is -2.17. The second-order valence-corrected chi connectivity index (χ2v) is 33.4. The first-order valence-corrected chi connectivity index (χ1v) is 41.0.